The summed E-state index contributed by atoms with van der Waals surface area (Å²) in [6.45, 7) is 8.30. The van der Waals surface area contributed by atoms with Crippen molar-refractivity contribution in [3.05, 3.63) is 153 Å². The number of aromatic carboxylic acids is 1. The number of carbonyl (C=O) groups is 4. The second-order valence-electron chi connectivity index (χ2n) is 16.6. The molecule has 0 bridgehead atoms. The van der Waals surface area contributed by atoms with E-state index >= 15 is 0 Å². The highest BCUT2D eigenvalue weighted by atomic mass is 35.5. The van der Waals surface area contributed by atoms with Crippen LogP contribution in [0.15, 0.2) is 106 Å². The minimum absolute atomic E-state index is 0.100. The molecule has 6 aromatic rings. The molecule has 0 spiro atoms. The maximum absolute atomic E-state index is 14.3. The fourth-order valence-electron chi connectivity index (χ4n) is 7.46. The molecule has 0 radical (unpaired) electrons. The highest BCUT2D eigenvalue weighted by molar-refractivity contribution is 6.31. The van der Waals surface area contributed by atoms with Crippen molar-refractivity contribution < 1.29 is 61.1 Å². The summed E-state index contributed by atoms with van der Waals surface area (Å²) in [5, 5.41) is 19.6. The molecule has 4 N–H and O–H groups in total. The number of methoxy groups -OCH3 is 2. The maximum Gasteiger partial charge on any atom is 0.374 e. The van der Waals surface area contributed by atoms with Crippen molar-refractivity contribution in [2.24, 2.45) is 17.6 Å². The zero-order valence-electron chi connectivity index (χ0n) is 41.6. The first-order chi connectivity index (χ1) is 35.0. The number of rotatable bonds is 23. The van der Waals surface area contributed by atoms with Crippen LogP contribution < -0.4 is 11.1 Å². The van der Waals surface area contributed by atoms with E-state index in [9.17, 15) is 28.0 Å². The monoisotopic (exact) mass is 1050 g/mol. The Balaban J connectivity index is 0.000000273. The second kappa shape index (κ2) is 30.5. The van der Waals surface area contributed by atoms with Gasteiger partial charge in [-0.15, -0.1) is 0 Å². The number of carboxylic acids is 1. The molecule has 73 heavy (non-hydrogen) atoms. The van der Waals surface area contributed by atoms with Gasteiger partial charge in [-0.05, 0) is 111 Å². The van der Waals surface area contributed by atoms with Crippen molar-refractivity contribution >= 4 is 47.0 Å². The lowest BCUT2D eigenvalue weighted by atomic mass is 9.94. The van der Waals surface area contributed by atoms with Gasteiger partial charge in [-0.1, -0.05) is 95.9 Å². The summed E-state index contributed by atoms with van der Waals surface area (Å²) in [6.07, 6.45) is 3.10. The second-order valence-corrected chi connectivity index (χ2v) is 17.5. The summed E-state index contributed by atoms with van der Waals surface area (Å²) in [5.41, 5.74) is 11.7. The van der Waals surface area contributed by atoms with Crippen LogP contribution >= 0.6 is 23.2 Å². The van der Waals surface area contributed by atoms with Crippen LogP contribution in [-0.4, -0.2) is 92.0 Å². The number of benzene rings is 4. The highest BCUT2D eigenvalue weighted by Gasteiger charge is 2.27. The number of nitrogens with two attached hydrogens (primary N) is 1. The summed E-state index contributed by atoms with van der Waals surface area (Å²) in [4.78, 5) is 47.5. The summed E-state index contributed by atoms with van der Waals surface area (Å²) in [7, 11) is 3.06. The lowest BCUT2D eigenvalue weighted by molar-refractivity contribution is -0.151. The number of halogens is 4. The molecule has 15 nitrogen and oxygen atoms in total. The lowest BCUT2D eigenvalue weighted by Crippen LogP contribution is -2.40. The third-order valence-corrected chi connectivity index (χ3v) is 11.6. The van der Waals surface area contributed by atoms with Crippen LogP contribution in [0.3, 0.4) is 0 Å². The topological polar surface area (TPSA) is 216 Å². The van der Waals surface area contributed by atoms with Crippen molar-refractivity contribution in [3.63, 3.8) is 0 Å². The number of aromatic nitrogens is 2. The molecule has 0 saturated heterocycles. The minimum atomic E-state index is -1.08. The largest absolute Gasteiger partial charge is 0.475 e. The maximum atomic E-state index is 14.3. The van der Waals surface area contributed by atoms with Gasteiger partial charge in [0.05, 0.1) is 49.7 Å². The number of nitrogens with one attached hydrogen (secondary N) is 1. The molecule has 2 heterocycles. The molecule has 0 saturated carbocycles. The fourth-order valence-corrected chi connectivity index (χ4v) is 7.80. The van der Waals surface area contributed by atoms with E-state index in [0.717, 1.165) is 16.7 Å². The van der Waals surface area contributed by atoms with Gasteiger partial charge in [-0.25, -0.2) is 13.6 Å². The molecule has 1 amide bonds. The van der Waals surface area contributed by atoms with Crippen LogP contribution in [-0.2, 0) is 54.2 Å². The van der Waals surface area contributed by atoms with Gasteiger partial charge in [0.1, 0.15) is 11.6 Å². The van der Waals surface area contributed by atoms with Crippen LogP contribution in [0.1, 0.15) is 84.2 Å². The van der Waals surface area contributed by atoms with E-state index in [1.54, 1.807) is 51.3 Å². The lowest BCUT2D eigenvalue weighted by Gasteiger charge is -2.23. The Morgan fingerprint density at radius 3 is 1.49 bits per heavy atom. The number of aryl methyl sites for hydroxylation is 2. The van der Waals surface area contributed by atoms with Crippen LogP contribution in [0.5, 0.6) is 0 Å². The first-order valence-corrected chi connectivity index (χ1v) is 24.4. The van der Waals surface area contributed by atoms with Gasteiger partial charge in [0, 0.05) is 59.6 Å². The minimum Gasteiger partial charge on any atom is -0.475 e. The molecule has 19 heteroatoms. The van der Waals surface area contributed by atoms with Crippen molar-refractivity contribution in [1.29, 1.82) is 0 Å². The highest BCUT2D eigenvalue weighted by Crippen LogP contribution is 2.29. The smallest absolute Gasteiger partial charge is 0.374 e. The van der Waals surface area contributed by atoms with E-state index in [4.69, 9.17) is 57.5 Å². The number of nitrogens with zero attached hydrogens (tertiary/aromatic N) is 2. The van der Waals surface area contributed by atoms with Gasteiger partial charge in [0.2, 0.25) is 11.5 Å². The van der Waals surface area contributed by atoms with Crippen LogP contribution in [0.4, 0.5) is 8.78 Å². The summed E-state index contributed by atoms with van der Waals surface area (Å²) in [6, 6.07) is 26.0. The van der Waals surface area contributed by atoms with Gasteiger partial charge in [0.25, 0.3) is 5.91 Å². The molecule has 6 rings (SSSR count). The van der Waals surface area contributed by atoms with Crippen molar-refractivity contribution in [2.45, 2.75) is 78.3 Å². The summed E-state index contributed by atoms with van der Waals surface area (Å²) >= 11 is 12.0. The molecule has 392 valence electrons. The molecule has 4 aromatic carbocycles. The molecular formula is C54H62Cl2F2N4O11. The third-order valence-electron chi connectivity index (χ3n) is 11.1. The number of hydrogen-bond acceptors (Lipinski definition) is 13. The Labute approximate surface area is 433 Å². The normalized spacial score (nSPS) is 12.5. The molecule has 0 aliphatic heterocycles. The fraction of sp³-hybridized carbons (Fsp3) is 0.370. The Kier molecular flexibility index (Phi) is 24.7. The van der Waals surface area contributed by atoms with Gasteiger partial charge >= 0.3 is 17.9 Å². The van der Waals surface area contributed by atoms with Gasteiger partial charge in [-0.2, -0.15) is 0 Å². The van der Waals surface area contributed by atoms with Crippen molar-refractivity contribution in [2.75, 3.05) is 40.6 Å². The first-order valence-electron chi connectivity index (χ1n) is 23.6. The van der Waals surface area contributed by atoms with E-state index < -0.39 is 29.8 Å². The molecule has 0 aliphatic rings. The Morgan fingerprint density at radius 1 is 0.644 bits per heavy atom. The van der Waals surface area contributed by atoms with Crippen molar-refractivity contribution in [1.82, 2.24) is 15.6 Å². The number of hydrogen-bond donors (Lipinski definition) is 3. The zero-order chi connectivity index (χ0) is 53.5. The number of amides is 1. The Morgan fingerprint density at radius 2 is 1.08 bits per heavy atom. The van der Waals surface area contributed by atoms with Crippen LogP contribution in [0, 0.1) is 23.5 Å². The predicted molar refractivity (Wildman–Crippen MR) is 272 cm³/mol. The van der Waals surface area contributed by atoms with Crippen LogP contribution in [0.25, 0.3) is 22.3 Å². The molecule has 0 unspecified atom stereocenters. The molecule has 0 fully saturated rings. The van der Waals surface area contributed by atoms with E-state index in [-0.39, 0.29) is 67.3 Å². The molecule has 4 atom stereocenters. The Bertz CT molecular complexity index is 2680. The van der Waals surface area contributed by atoms with E-state index in [0.29, 0.717) is 76.8 Å². The average molecular weight is 1050 g/mol. The quantitative estimate of drug-likeness (QED) is 0.0509. The zero-order valence-corrected chi connectivity index (χ0v) is 43.1. The summed E-state index contributed by atoms with van der Waals surface area (Å²) < 4.78 is 58.5. The number of carbonyl (C=O) groups excluding carboxylic acids is 3. The third kappa shape index (κ3) is 19.1. The number of esters is 2. The van der Waals surface area contributed by atoms with Gasteiger partial charge in [-0.3, -0.25) is 14.4 Å². The average Bonchev–Trinajstić information content (AvgIpc) is 4.08. The molecule has 2 aromatic heterocycles. The first kappa shape index (κ1) is 59.1. The Hall–Kier alpha value is -6.50. The van der Waals surface area contributed by atoms with Crippen molar-refractivity contribution in [3.8, 4) is 22.3 Å². The summed E-state index contributed by atoms with van der Waals surface area (Å²) in [5.74, 6) is -3.82. The SMILES string of the molecule is CCOC(=O)[C@H](COC)C[C@@H](Cc1ccc(-c2cc(Cl)ccc2F)cc1)NC(=O)c1cc(CC)no1.CCOC(=O)[C@H](COC)C[C@H](N)Cc1ccc(-c2cc(Cl)ccc2F)cc1.CCc1cc(C(=O)O)on1. The number of ether oxygens (including phenoxy) is 4. The van der Waals surface area contributed by atoms with Gasteiger partial charge in [0.15, 0.2) is 0 Å². The van der Waals surface area contributed by atoms with E-state index in [1.165, 1.54) is 37.4 Å². The van der Waals surface area contributed by atoms with Crippen LogP contribution in [0.2, 0.25) is 10.0 Å². The standard InChI is InChI=1S/C27H30ClFN2O5.C21H25ClFNO3.C6H7NO3/c1-4-21-15-25(36-31-21)26(32)30-22(13-19(16-34-3)27(33)35-5-2)12-17-6-8-18(9-7-17)23-14-20(28)10-11-24(23)29;1-3-27-21(25)16(13-26-2)11-18(24)10-14-4-6-15(7-5-14)19-12-17(22)8-9-20(19)23;1-2-4-3-5(6(8)9)10-7-4/h6-11,14-15,19,22H,4-5,12-13,16H2,1-3H3,(H,30,32);4-9,12,16,18H,3,10-11,13,24H2,1-2H3;3H,2H2,1H3,(H,8,9)/t19-,22+;16-,18+;/m00./s1. The number of carboxylic acid groups (broad SMARTS) is 1. The van der Waals surface area contributed by atoms with E-state index in [2.05, 4.69) is 20.2 Å². The molecule has 0 aliphatic carbocycles. The van der Waals surface area contributed by atoms with E-state index in [1.807, 2.05) is 50.2 Å². The van der Waals surface area contributed by atoms with Gasteiger partial charge < -0.3 is 44.2 Å². The predicted octanol–water partition coefficient (Wildman–Crippen LogP) is 10.4. The molecular weight excluding hydrogens is 990 g/mol.